The molecule has 0 aromatic heterocycles. The predicted molar refractivity (Wildman–Crippen MR) is 47.1 cm³/mol. The standard InChI is InChI=1S/C10H8F5O/c1-2-7-3-5-8(6-4-7)16-10(14,15)9(11,12)13/h3-6H,1-2H2. The van der Waals surface area contributed by atoms with Crippen LogP contribution in [0.25, 0.3) is 0 Å². The van der Waals surface area contributed by atoms with Gasteiger partial charge in [-0.1, -0.05) is 12.1 Å². The van der Waals surface area contributed by atoms with Crippen molar-refractivity contribution in [2.24, 2.45) is 0 Å². The molecule has 0 aliphatic rings. The van der Waals surface area contributed by atoms with E-state index in [1.165, 1.54) is 12.1 Å². The van der Waals surface area contributed by atoms with Gasteiger partial charge in [0.05, 0.1) is 0 Å². The number of hydrogen-bond donors (Lipinski definition) is 0. The molecule has 89 valence electrons. The van der Waals surface area contributed by atoms with Crippen LogP contribution >= 0.6 is 0 Å². The first-order valence-corrected chi connectivity index (χ1v) is 4.28. The van der Waals surface area contributed by atoms with Gasteiger partial charge in [-0.25, -0.2) is 0 Å². The zero-order valence-corrected chi connectivity index (χ0v) is 8.02. The Bertz CT molecular complexity index is 341. The third-order valence-electron chi connectivity index (χ3n) is 1.79. The van der Waals surface area contributed by atoms with Gasteiger partial charge in [0.25, 0.3) is 0 Å². The fraction of sp³-hybridized carbons (Fsp3) is 0.300. The van der Waals surface area contributed by atoms with Crippen molar-refractivity contribution in [2.75, 3.05) is 0 Å². The maximum absolute atomic E-state index is 12.4. The number of rotatable bonds is 3. The molecule has 0 heterocycles. The van der Waals surface area contributed by atoms with E-state index in [0.29, 0.717) is 12.0 Å². The van der Waals surface area contributed by atoms with Crippen LogP contribution in [-0.4, -0.2) is 12.3 Å². The van der Waals surface area contributed by atoms with Crippen molar-refractivity contribution in [1.82, 2.24) is 0 Å². The second-order valence-corrected chi connectivity index (χ2v) is 3.01. The van der Waals surface area contributed by atoms with Crippen molar-refractivity contribution in [3.63, 3.8) is 0 Å². The van der Waals surface area contributed by atoms with Crippen LogP contribution in [0.2, 0.25) is 0 Å². The summed E-state index contributed by atoms with van der Waals surface area (Å²) in [6.07, 6.45) is -10.5. The number of benzene rings is 1. The molecular formula is C10H8F5O. The molecule has 6 heteroatoms. The second kappa shape index (κ2) is 4.27. The highest BCUT2D eigenvalue weighted by atomic mass is 19.4. The zero-order chi connectivity index (χ0) is 12.4. The van der Waals surface area contributed by atoms with Gasteiger partial charge >= 0.3 is 12.3 Å². The largest absolute Gasteiger partial charge is 0.499 e. The van der Waals surface area contributed by atoms with Crippen LogP contribution in [0, 0.1) is 6.92 Å². The monoisotopic (exact) mass is 239 g/mol. The van der Waals surface area contributed by atoms with Crippen LogP contribution in [0.5, 0.6) is 5.75 Å². The molecule has 0 unspecified atom stereocenters. The van der Waals surface area contributed by atoms with E-state index in [0.717, 1.165) is 12.1 Å². The number of hydrogen-bond acceptors (Lipinski definition) is 1. The Hall–Kier alpha value is -1.33. The SMILES string of the molecule is [CH2]Cc1ccc(OC(F)(F)C(F)(F)F)cc1. The van der Waals surface area contributed by atoms with Crippen molar-refractivity contribution in [3.05, 3.63) is 36.8 Å². The molecule has 1 rings (SSSR count). The number of alkyl halides is 5. The topological polar surface area (TPSA) is 9.23 Å². The molecule has 0 saturated carbocycles. The van der Waals surface area contributed by atoms with Gasteiger partial charge in [0.2, 0.25) is 0 Å². The fourth-order valence-corrected chi connectivity index (χ4v) is 0.930. The van der Waals surface area contributed by atoms with Crippen LogP contribution in [-0.2, 0) is 6.42 Å². The summed E-state index contributed by atoms with van der Waals surface area (Å²) in [7, 11) is 0. The average Bonchev–Trinajstić information content (AvgIpc) is 2.16. The first kappa shape index (κ1) is 12.7. The molecule has 0 aliphatic carbocycles. The molecule has 0 saturated heterocycles. The highest BCUT2D eigenvalue weighted by Gasteiger charge is 2.61. The minimum absolute atomic E-state index is 0.413. The summed E-state index contributed by atoms with van der Waals surface area (Å²) >= 11 is 0. The molecule has 1 nitrogen and oxygen atoms in total. The summed E-state index contributed by atoms with van der Waals surface area (Å²) in [6, 6.07) is 4.82. The van der Waals surface area contributed by atoms with Crippen LogP contribution in [0.15, 0.2) is 24.3 Å². The minimum atomic E-state index is -5.72. The summed E-state index contributed by atoms with van der Waals surface area (Å²) in [5.74, 6) is -0.542. The summed E-state index contributed by atoms with van der Waals surface area (Å²) < 4.78 is 63.8. The molecule has 0 amide bonds. The lowest BCUT2D eigenvalue weighted by Gasteiger charge is -2.20. The third kappa shape index (κ3) is 2.84. The van der Waals surface area contributed by atoms with E-state index in [1.807, 2.05) is 0 Å². The van der Waals surface area contributed by atoms with Gasteiger partial charge < -0.3 is 4.74 Å². The lowest BCUT2D eigenvalue weighted by atomic mass is 10.2. The van der Waals surface area contributed by atoms with Gasteiger partial charge in [-0.3, -0.25) is 0 Å². The lowest BCUT2D eigenvalue weighted by molar-refractivity contribution is -0.360. The van der Waals surface area contributed by atoms with E-state index >= 15 is 0 Å². The Morgan fingerprint density at radius 3 is 1.88 bits per heavy atom. The molecule has 0 aliphatic heterocycles. The van der Waals surface area contributed by atoms with Crippen molar-refractivity contribution in [2.45, 2.75) is 18.7 Å². The summed E-state index contributed by atoms with van der Waals surface area (Å²) in [6.45, 7) is 3.53. The average molecular weight is 239 g/mol. The van der Waals surface area contributed by atoms with E-state index in [1.54, 1.807) is 0 Å². The van der Waals surface area contributed by atoms with Gasteiger partial charge in [-0.2, -0.15) is 22.0 Å². The number of halogens is 5. The molecule has 0 spiro atoms. The van der Waals surface area contributed by atoms with Gasteiger partial charge in [0.15, 0.2) is 0 Å². The Kier molecular flexibility index (Phi) is 3.40. The van der Waals surface area contributed by atoms with Gasteiger partial charge in [-0.05, 0) is 31.0 Å². The van der Waals surface area contributed by atoms with Gasteiger partial charge in [0, 0.05) is 0 Å². The van der Waals surface area contributed by atoms with Crippen LogP contribution in [0.3, 0.4) is 0 Å². The first-order chi connectivity index (χ1) is 7.26. The maximum atomic E-state index is 12.4. The van der Waals surface area contributed by atoms with E-state index in [9.17, 15) is 22.0 Å². The molecule has 1 aromatic rings. The summed E-state index contributed by atoms with van der Waals surface area (Å²) in [4.78, 5) is 0. The van der Waals surface area contributed by atoms with Crippen molar-refractivity contribution in [1.29, 1.82) is 0 Å². The highest BCUT2D eigenvalue weighted by Crippen LogP contribution is 2.37. The van der Waals surface area contributed by atoms with Crippen molar-refractivity contribution < 1.29 is 26.7 Å². The lowest BCUT2D eigenvalue weighted by Crippen LogP contribution is -2.41. The van der Waals surface area contributed by atoms with Crippen molar-refractivity contribution in [3.8, 4) is 5.75 Å². The smallest absolute Gasteiger partial charge is 0.426 e. The molecule has 0 fully saturated rings. The molecular weight excluding hydrogens is 231 g/mol. The Labute approximate surface area is 88.8 Å². The van der Waals surface area contributed by atoms with Crippen LogP contribution in [0.4, 0.5) is 22.0 Å². The van der Waals surface area contributed by atoms with E-state index in [2.05, 4.69) is 11.7 Å². The van der Waals surface area contributed by atoms with Crippen molar-refractivity contribution >= 4 is 0 Å². The number of ether oxygens (including phenoxy) is 1. The fourth-order valence-electron chi connectivity index (χ4n) is 0.930. The molecule has 16 heavy (non-hydrogen) atoms. The Morgan fingerprint density at radius 2 is 1.50 bits per heavy atom. The summed E-state index contributed by atoms with van der Waals surface area (Å²) in [5, 5.41) is 0. The summed E-state index contributed by atoms with van der Waals surface area (Å²) in [5.41, 5.74) is 0.711. The quantitative estimate of drug-likeness (QED) is 0.732. The van der Waals surface area contributed by atoms with E-state index < -0.39 is 18.0 Å². The van der Waals surface area contributed by atoms with E-state index in [4.69, 9.17) is 0 Å². The maximum Gasteiger partial charge on any atom is 0.499 e. The molecule has 1 radical (unpaired) electrons. The highest BCUT2D eigenvalue weighted by molar-refractivity contribution is 5.27. The minimum Gasteiger partial charge on any atom is -0.426 e. The van der Waals surface area contributed by atoms with Crippen LogP contribution < -0.4 is 4.74 Å². The van der Waals surface area contributed by atoms with Gasteiger partial charge in [0.1, 0.15) is 5.75 Å². The second-order valence-electron chi connectivity index (χ2n) is 3.01. The Balaban J connectivity index is 2.80. The predicted octanol–water partition coefficient (Wildman–Crippen LogP) is 3.60. The third-order valence-corrected chi connectivity index (χ3v) is 1.79. The normalized spacial score (nSPS) is 12.6. The van der Waals surface area contributed by atoms with Gasteiger partial charge in [-0.15, -0.1) is 0 Å². The molecule has 0 atom stereocenters. The van der Waals surface area contributed by atoms with E-state index in [-0.39, 0.29) is 0 Å². The molecule has 0 bridgehead atoms. The molecule has 1 aromatic carbocycles. The zero-order valence-electron chi connectivity index (χ0n) is 8.02. The Morgan fingerprint density at radius 1 is 1.00 bits per heavy atom. The van der Waals surface area contributed by atoms with Crippen LogP contribution in [0.1, 0.15) is 5.56 Å². The molecule has 0 N–H and O–H groups in total. The first-order valence-electron chi connectivity index (χ1n) is 4.28.